The molecule has 0 amide bonds. The molecule has 0 unspecified atom stereocenters. The summed E-state index contributed by atoms with van der Waals surface area (Å²) >= 11 is 0. The van der Waals surface area contributed by atoms with Crippen LogP contribution in [0, 0.1) is 0 Å². The zero-order chi connectivity index (χ0) is 20.3. The first kappa shape index (κ1) is 19.9. The molecule has 0 aromatic heterocycles. The second-order valence-electron chi connectivity index (χ2n) is 9.16. The summed E-state index contributed by atoms with van der Waals surface area (Å²) in [6.07, 6.45) is 7.68. The van der Waals surface area contributed by atoms with E-state index in [2.05, 4.69) is 40.1 Å². The minimum atomic E-state index is 0.299. The van der Waals surface area contributed by atoms with Crippen LogP contribution in [-0.4, -0.2) is 54.2 Å². The second kappa shape index (κ2) is 8.99. The molecule has 3 aliphatic rings. The number of phenols is 1. The fourth-order valence-corrected chi connectivity index (χ4v) is 5.70. The Hall–Kier alpha value is -2.04. The molecule has 30 heavy (non-hydrogen) atoms. The molecular weight excluding hydrogens is 372 g/mol. The molecule has 0 spiro atoms. The molecule has 3 heterocycles. The van der Waals surface area contributed by atoms with E-state index in [1.165, 1.54) is 68.4 Å². The second-order valence-corrected chi connectivity index (χ2v) is 9.16. The van der Waals surface area contributed by atoms with Gasteiger partial charge in [0.25, 0.3) is 0 Å². The maximum atomic E-state index is 9.77. The summed E-state index contributed by atoms with van der Waals surface area (Å²) in [5.74, 6) is 1.69. The number of nitrogens with zero attached hydrogens (tertiary/aromatic N) is 2. The fourth-order valence-electron chi connectivity index (χ4n) is 5.70. The van der Waals surface area contributed by atoms with Gasteiger partial charge in [-0.05, 0) is 81.1 Å². The van der Waals surface area contributed by atoms with Crippen LogP contribution in [0.5, 0.6) is 11.5 Å². The number of fused-ring (bicyclic) bond motifs is 3. The summed E-state index contributed by atoms with van der Waals surface area (Å²) in [6, 6.07) is 15.0. The Morgan fingerprint density at radius 3 is 2.60 bits per heavy atom. The number of ether oxygens (including phenoxy) is 1. The average molecular weight is 407 g/mol. The van der Waals surface area contributed by atoms with E-state index in [0.29, 0.717) is 17.7 Å². The topological polar surface area (TPSA) is 35.9 Å². The maximum Gasteiger partial charge on any atom is 0.123 e. The first-order valence-electron chi connectivity index (χ1n) is 11.8. The first-order chi connectivity index (χ1) is 14.8. The van der Waals surface area contributed by atoms with Gasteiger partial charge in [0.1, 0.15) is 11.5 Å². The van der Waals surface area contributed by atoms with Crippen LogP contribution in [0.4, 0.5) is 0 Å². The smallest absolute Gasteiger partial charge is 0.123 e. The molecule has 0 aliphatic carbocycles. The molecule has 4 heteroatoms. The summed E-state index contributed by atoms with van der Waals surface area (Å²) in [6.45, 7) is 6.65. The summed E-state index contributed by atoms with van der Waals surface area (Å²) in [4.78, 5) is 5.23. The lowest BCUT2D eigenvalue weighted by molar-refractivity contribution is 0.200. The largest absolute Gasteiger partial charge is 0.508 e. The fraction of sp³-hybridized carbons (Fsp3) is 0.538. The summed E-state index contributed by atoms with van der Waals surface area (Å²) in [7, 11) is 0. The highest BCUT2D eigenvalue weighted by atomic mass is 16.5. The highest BCUT2D eigenvalue weighted by molar-refractivity contribution is 5.51. The molecule has 1 N–H and O–H groups in total. The van der Waals surface area contributed by atoms with E-state index in [-0.39, 0.29) is 0 Å². The van der Waals surface area contributed by atoms with E-state index in [1.54, 1.807) is 0 Å². The van der Waals surface area contributed by atoms with Gasteiger partial charge in [0.05, 0.1) is 6.61 Å². The quantitative estimate of drug-likeness (QED) is 0.690. The highest BCUT2D eigenvalue weighted by Gasteiger charge is 2.38. The Morgan fingerprint density at radius 2 is 1.77 bits per heavy atom. The zero-order valence-electron chi connectivity index (χ0n) is 17.9. The van der Waals surface area contributed by atoms with Gasteiger partial charge >= 0.3 is 0 Å². The van der Waals surface area contributed by atoms with Crippen LogP contribution < -0.4 is 4.74 Å². The van der Waals surface area contributed by atoms with Crippen molar-refractivity contribution in [3.63, 3.8) is 0 Å². The van der Waals surface area contributed by atoms with Gasteiger partial charge in [-0.2, -0.15) is 0 Å². The van der Waals surface area contributed by atoms with E-state index >= 15 is 0 Å². The van der Waals surface area contributed by atoms with Crippen LogP contribution in [0.1, 0.15) is 67.2 Å². The molecule has 0 radical (unpaired) electrons. The number of likely N-dealkylation sites (tertiary alicyclic amines) is 1. The molecule has 0 saturated carbocycles. The van der Waals surface area contributed by atoms with Crippen molar-refractivity contribution in [3.05, 3.63) is 59.2 Å². The molecule has 0 bridgehead atoms. The van der Waals surface area contributed by atoms with Crippen molar-refractivity contribution in [2.75, 3.05) is 39.3 Å². The lowest BCUT2D eigenvalue weighted by Gasteiger charge is -2.38. The number of benzene rings is 2. The monoisotopic (exact) mass is 406 g/mol. The van der Waals surface area contributed by atoms with Gasteiger partial charge in [-0.15, -0.1) is 0 Å². The number of phenolic OH excluding ortho intramolecular Hbond substituents is 1. The Balaban J connectivity index is 1.36. The van der Waals surface area contributed by atoms with E-state index in [4.69, 9.17) is 4.74 Å². The molecular formula is C26H34N2O2. The summed E-state index contributed by atoms with van der Waals surface area (Å²) in [5.41, 5.74) is 4.10. The van der Waals surface area contributed by atoms with Gasteiger partial charge < -0.3 is 14.7 Å². The number of aromatic hydroxyl groups is 1. The third kappa shape index (κ3) is 4.08. The van der Waals surface area contributed by atoms with Crippen LogP contribution in [0.2, 0.25) is 0 Å². The molecule has 2 fully saturated rings. The Morgan fingerprint density at radius 1 is 0.933 bits per heavy atom. The number of hydrogen-bond acceptors (Lipinski definition) is 4. The Kier molecular flexibility index (Phi) is 5.96. The lowest BCUT2D eigenvalue weighted by atomic mass is 9.81. The Bertz CT molecular complexity index is 845. The van der Waals surface area contributed by atoms with E-state index in [0.717, 1.165) is 31.9 Å². The standard InChI is InChI=1S/C26H34N2O2/c29-21-12-10-20(11-13-21)23-19-28-17-5-8-24(28)22-7-4-9-25(26(22)23)30-18-6-16-27-14-2-1-3-15-27/h4,7,9-13,23-24,29H,1-3,5-6,8,14-19H2/t23-,24-/m0/s1. The van der Waals surface area contributed by atoms with Gasteiger partial charge in [-0.1, -0.05) is 30.7 Å². The molecule has 160 valence electrons. The number of piperidine rings is 1. The molecule has 2 saturated heterocycles. The van der Waals surface area contributed by atoms with Crippen molar-refractivity contribution in [1.29, 1.82) is 0 Å². The van der Waals surface area contributed by atoms with Crippen molar-refractivity contribution in [1.82, 2.24) is 9.80 Å². The zero-order valence-corrected chi connectivity index (χ0v) is 17.9. The van der Waals surface area contributed by atoms with Crippen molar-refractivity contribution in [3.8, 4) is 11.5 Å². The highest BCUT2D eigenvalue weighted by Crippen LogP contribution is 2.47. The van der Waals surface area contributed by atoms with Gasteiger partial charge in [0.2, 0.25) is 0 Å². The van der Waals surface area contributed by atoms with Crippen molar-refractivity contribution in [2.24, 2.45) is 0 Å². The number of hydrogen-bond donors (Lipinski definition) is 1. The van der Waals surface area contributed by atoms with E-state index in [9.17, 15) is 5.11 Å². The van der Waals surface area contributed by atoms with Gasteiger partial charge in [0.15, 0.2) is 0 Å². The minimum absolute atomic E-state index is 0.299. The predicted octanol–water partition coefficient (Wildman–Crippen LogP) is 4.93. The molecule has 2 aromatic rings. The normalized spacial score (nSPS) is 24.4. The predicted molar refractivity (Wildman–Crippen MR) is 120 cm³/mol. The summed E-state index contributed by atoms with van der Waals surface area (Å²) < 4.78 is 6.42. The van der Waals surface area contributed by atoms with Crippen LogP contribution in [0.15, 0.2) is 42.5 Å². The molecule has 4 nitrogen and oxygen atoms in total. The lowest BCUT2D eigenvalue weighted by Crippen LogP contribution is -2.35. The van der Waals surface area contributed by atoms with Crippen molar-refractivity contribution < 1.29 is 9.84 Å². The van der Waals surface area contributed by atoms with Crippen LogP contribution >= 0.6 is 0 Å². The molecule has 2 atom stereocenters. The van der Waals surface area contributed by atoms with Crippen molar-refractivity contribution >= 4 is 0 Å². The van der Waals surface area contributed by atoms with E-state index < -0.39 is 0 Å². The molecule has 3 aliphatic heterocycles. The third-order valence-corrected chi connectivity index (χ3v) is 7.21. The van der Waals surface area contributed by atoms with Crippen LogP contribution in [-0.2, 0) is 0 Å². The van der Waals surface area contributed by atoms with Crippen LogP contribution in [0.3, 0.4) is 0 Å². The van der Waals surface area contributed by atoms with Gasteiger partial charge in [-0.3, -0.25) is 4.90 Å². The molecule has 5 rings (SSSR count). The first-order valence-corrected chi connectivity index (χ1v) is 11.8. The molecule has 2 aromatic carbocycles. The number of rotatable bonds is 6. The van der Waals surface area contributed by atoms with Crippen LogP contribution in [0.25, 0.3) is 0 Å². The van der Waals surface area contributed by atoms with Gasteiger partial charge in [0, 0.05) is 30.6 Å². The van der Waals surface area contributed by atoms with Gasteiger partial charge in [-0.25, -0.2) is 0 Å². The summed E-state index contributed by atoms with van der Waals surface area (Å²) in [5, 5.41) is 9.77. The van der Waals surface area contributed by atoms with Crippen molar-refractivity contribution in [2.45, 2.75) is 50.5 Å². The maximum absolute atomic E-state index is 9.77. The average Bonchev–Trinajstić information content (AvgIpc) is 3.26. The minimum Gasteiger partial charge on any atom is -0.508 e. The van der Waals surface area contributed by atoms with E-state index in [1.807, 2.05) is 12.1 Å². The SMILES string of the molecule is Oc1ccc([C@@H]2CN3CCC[C@H]3c3cccc(OCCCN4CCCCC4)c32)cc1. The third-order valence-electron chi connectivity index (χ3n) is 7.21. The Labute approximate surface area is 180 Å².